The Kier molecular flexibility index (Phi) is 45.1. The molecule has 6 aromatic rings. The summed E-state index contributed by atoms with van der Waals surface area (Å²) in [7, 11) is 0. The van der Waals surface area contributed by atoms with Gasteiger partial charge >= 0.3 is 152 Å². The molecule has 6 saturated heterocycles. The van der Waals surface area contributed by atoms with Gasteiger partial charge in [0.1, 0.15) is 37.9 Å². The predicted molar refractivity (Wildman–Crippen MR) is 424 cm³/mol. The number of hydrogen-bond acceptors (Lipinski definition) is 42. The molecule has 0 aromatic heterocycles. The number of ether oxygens (including phenoxy) is 12. The highest BCUT2D eigenvalue weighted by Crippen LogP contribution is 2.35. The number of para-hydroxylation sites is 2. The lowest BCUT2D eigenvalue weighted by Crippen LogP contribution is -2.42. The highest BCUT2D eigenvalue weighted by molar-refractivity contribution is 7.76. The van der Waals surface area contributed by atoms with Crippen molar-refractivity contribution in [1.29, 1.82) is 0 Å². The monoisotopic (exact) mass is 2160 g/mol. The molecule has 12 rings (SSSR count). The average Bonchev–Trinajstić information content (AvgIpc) is 1.23. The lowest BCUT2D eigenvalue weighted by molar-refractivity contribution is -0.198. The molecule has 64 heteroatoms. The minimum atomic E-state index is -4.89. The van der Waals surface area contributed by atoms with E-state index in [4.69, 9.17) is 48.5 Å². The van der Waals surface area contributed by atoms with Gasteiger partial charge in [-0.15, -0.1) is 12.8 Å². The molecule has 0 amide bonds. The topological polar surface area (TPSA) is 529 Å². The first-order valence-electron chi connectivity index (χ1n) is 37.3. The van der Waals surface area contributed by atoms with Crippen LogP contribution < -0.4 is 18.9 Å². The van der Waals surface area contributed by atoms with E-state index in [9.17, 15) is 153 Å². The molecule has 0 radical (unpaired) electrons. The number of esters is 12. The van der Waals surface area contributed by atoms with E-state index in [-0.39, 0.29) is 51.1 Å². The molecule has 42 nitrogen and oxygen atoms in total. The summed E-state index contributed by atoms with van der Waals surface area (Å²) in [6, 6.07) is 34.4. The van der Waals surface area contributed by atoms with Gasteiger partial charge in [-0.25, -0.2) is 134 Å². The summed E-state index contributed by atoms with van der Waals surface area (Å²) in [5.74, 6) is -40.9. The number of alkyl halides is 6. The highest BCUT2D eigenvalue weighted by atomic mass is 32.2. The zero-order valence-electron chi connectivity index (χ0n) is 69.5. The van der Waals surface area contributed by atoms with Crippen molar-refractivity contribution in [1.82, 2.24) is 0 Å². The summed E-state index contributed by atoms with van der Waals surface area (Å²) in [6.07, 6.45) is -18.9. The fourth-order valence-electron chi connectivity index (χ4n) is 9.63. The van der Waals surface area contributed by atoms with Crippen molar-refractivity contribution in [3.05, 3.63) is 216 Å². The fraction of sp³-hybridized carbons (Fsp3) is 0.282. The lowest BCUT2D eigenvalue weighted by Gasteiger charge is -2.15. The molecule has 142 heavy (non-hydrogen) atoms. The van der Waals surface area contributed by atoms with Gasteiger partial charge < -0.3 is 56.8 Å². The standard InChI is InChI=1S/C18H16O7S.C16H2F10O7S.C16H12O7S.C10H12O7S.C10H8O7S.C8H6F6O7S/c19-17(22-11-13-7-3-1-4-8-13)15-16(25-26(21)24-15)18(20)23-12-14-9-5-2-6-10-14;17-1-3(19)7(23)11(8(24)4(1)20)30-15(27)13-14(33-34(29)32-13)16(28)31-12-9(25)5(21)2(18)6(22)10(12)26;17-15(20-11-7-3-1-4-8-11)13-14(23-24(19)22-13)16(18)21-12-9-5-2-6-10-12;2*1-3-5-14-9(11)7-8(17-18(13)16-7)10(12)15-6-4-2;9-7(10,11)1-18-5(15)3-4(21-22(17)20-3)6(16)19-2-8(12,13)14/h1-10,15-16H,11-12H2;13-14H;1-10,13-14H;3-4,7-8H,1-2,5-6H2;1-2,7-8H,5-6H2;3-4H,1-2H2. The van der Waals surface area contributed by atoms with Gasteiger partial charge in [-0.3, -0.25) is 0 Å². The Hall–Kier alpha value is -13.1. The third kappa shape index (κ3) is 34.6. The van der Waals surface area contributed by atoms with E-state index >= 15 is 0 Å². The molecule has 0 saturated carbocycles. The zero-order valence-corrected chi connectivity index (χ0v) is 74.4. The second-order valence-corrected chi connectivity index (χ2v) is 30.4. The van der Waals surface area contributed by atoms with E-state index in [0.717, 1.165) is 11.1 Å². The minimum Gasteiger partial charge on any atom is -0.459 e. The SMILES string of the molecule is C#CCOC(=O)C1OS(=O)OC1C(=O)OCC#C.C=CCOC(=O)C1OS(=O)OC1C(=O)OCC=C.O=C(OCC(F)(F)F)C1OS(=O)OC1C(=O)OCC(F)(F)F.O=C(OCc1ccccc1)C1OS(=O)OC1C(=O)OCc1ccccc1.O=C(Oc1c(F)c(F)c(F)c(F)c1F)C1OS(=O)OC1C(=O)Oc1c(F)c(F)c(F)c(F)c1F.O=C(Oc1ccccc1)C1OS(=O)OC1C(=O)Oc1ccccc1. The van der Waals surface area contributed by atoms with Crippen LogP contribution in [0.3, 0.4) is 0 Å². The van der Waals surface area contributed by atoms with Crippen molar-refractivity contribution < 1.29 is 260 Å². The van der Waals surface area contributed by atoms with Crippen LogP contribution in [0.1, 0.15) is 11.1 Å². The number of carbonyl (C=O) groups is 12. The quantitative estimate of drug-likeness (QED) is 0.00865. The molecule has 12 atom stereocenters. The third-order valence-corrected chi connectivity index (χ3v) is 20.2. The van der Waals surface area contributed by atoms with Gasteiger partial charge in [-0.2, -0.15) is 69.2 Å². The zero-order chi connectivity index (χ0) is 105. The molecule has 6 fully saturated rings. The molecular weight excluding hydrogens is 2110 g/mol. The largest absolute Gasteiger partial charge is 0.459 e. The number of hydrogen-bond donors (Lipinski definition) is 0. The third-order valence-electron chi connectivity index (χ3n) is 15.8. The van der Waals surface area contributed by atoms with Gasteiger partial charge in [-0.1, -0.05) is 134 Å². The molecule has 6 heterocycles. The molecule has 768 valence electrons. The van der Waals surface area contributed by atoms with Crippen LogP contribution in [0.25, 0.3) is 0 Å². The molecular formula is C78H56F16O42S6. The maximum Gasteiger partial charge on any atom is 0.422 e. The smallest absolute Gasteiger partial charge is 0.422 e. The Labute approximate surface area is 798 Å². The summed E-state index contributed by atoms with van der Waals surface area (Å²) < 4.78 is 381. The summed E-state index contributed by atoms with van der Waals surface area (Å²) in [5.41, 5.74) is 1.54. The van der Waals surface area contributed by atoms with E-state index in [0.29, 0.717) is 0 Å². The van der Waals surface area contributed by atoms with Crippen LogP contribution in [0.15, 0.2) is 147 Å². The maximum atomic E-state index is 13.7. The van der Waals surface area contributed by atoms with Crippen molar-refractivity contribution in [3.8, 4) is 47.7 Å². The van der Waals surface area contributed by atoms with Crippen LogP contribution in [-0.2, 0) is 227 Å². The average molecular weight is 2160 g/mol. The highest BCUT2D eigenvalue weighted by Gasteiger charge is 2.55. The Morgan fingerprint density at radius 3 is 0.690 bits per heavy atom. The molecule has 6 aromatic carbocycles. The molecule has 12 unspecified atom stereocenters. The number of benzene rings is 6. The number of carbonyl (C=O) groups excluding carboxylic acids is 12. The first kappa shape index (κ1) is 116. The first-order chi connectivity index (χ1) is 67.1. The number of halogens is 16. The van der Waals surface area contributed by atoms with Crippen LogP contribution in [0.2, 0.25) is 0 Å². The maximum absolute atomic E-state index is 13.7. The number of terminal acetylenes is 2. The van der Waals surface area contributed by atoms with E-state index in [1.807, 2.05) is 12.1 Å². The summed E-state index contributed by atoms with van der Waals surface area (Å²) >= 11 is -14.7. The van der Waals surface area contributed by atoms with E-state index < -0.39 is 308 Å². The normalized spacial score (nSPS) is 23.2. The molecule has 0 bridgehead atoms. The summed E-state index contributed by atoms with van der Waals surface area (Å²) in [5, 5.41) is 0. The van der Waals surface area contributed by atoms with Crippen molar-refractivity contribution >= 4 is 140 Å². The van der Waals surface area contributed by atoms with Crippen LogP contribution in [-0.4, -0.2) is 222 Å². The van der Waals surface area contributed by atoms with Crippen LogP contribution in [0, 0.1) is 82.9 Å². The molecule has 0 aliphatic carbocycles. The van der Waals surface area contributed by atoms with Gasteiger partial charge in [0.15, 0.2) is 26.4 Å². The van der Waals surface area contributed by atoms with Crippen LogP contribution >= 0.6 is 0 Å². The molecule has 0 spiro atoms. The fourth-order valence-corrected chi connectivity index (χ4v) is 14.1. The van der Waals surface area contributed by atoms with Crippen molar-refractivity contribution in [3.63, 3.8) is 0 Å². The van der Waals surface area contributed by atoms with E-state index in [1.165, 1.54) is 12.2 Å². The van der Waals surface area contributed by atoms with Crippen molar-refractivity contribution in [2.45, 2.75) is 98.8 Å². The Morgan fingerprint density at radius 1 is 0.282 bits per heavy atom. The van der Waals surface area contributed by atoms with Crippen molar-refractivity contribution in [2.75, 3.05) is 39.6 Å². The molecule has 0 N–H and O–H groups in total. The summed E-state index contributed by atoms with van der Waals surface area (Å²) in [6.45, 7) is 1.90. The number of rotatable bonds is 28. The minimum absolute atomic E-state index is 0.00203. The summed E-state index contributed by atoms with van der Waals surface area (Å²) in [4.78, 5) is 141. The van der Waals surface area contributed by atoms with Crippen LogP contribution in [0.5, 0.6) is 23.0 Å². The van der Waals surface area contributed by atoms with E-state index in [1.54, 1.807) is 109 Å². The Balaban J connectivity index is 0.000000235. The van der Waals surface area contributed by atoms with Gasteiger partial charge in [0.05, 0.1) is 0 Å². The first-order valence-corrected chi connectivity index (χ1v) is 43.3. The van der Waals surface area contributed by atoms with Crippen molar-refractivity contribution in [2.24, 2.45) is 0 Å². The van der Waals surface area contributed by atoms with Gasteiger partial charge in [-0.05, 0) is 35.4 Å². The Morgan fingerprint density at radius 2 is 0.472 bits per heavy atom. The van der Waals surface area contributed by atoms with Gasteiger partial charge in [0, 0.05) is 0 Å². The predicted octanol–water partition coefficient (Wildman–Crippen LogP) is 5.42. The molecule has 6 aliphatic heterocycles. The lowest BCUT2D eigenvalue weighted by atomic mass is 10.2. The Bertz CT molecular complexity index is 5440. The second-order valence-electron chi connectivity index (χ2n) is 25.6. The van der Waals surface area contributed by atoms with Crippen LogP contribution in [0.4, 0.5) is 70.2 Å². The van der Waals surface area contributed by atoms with Gasteiger partial charge in [0.25, 0.3) is 0 Å². The van der Waals surface area contributed by atoms with Gasteiger partial charge in [0.2, 0.25) is 143 Å². The second kappa shape index (κ2) is 55.3. The van der Waals surface area contributed by atoms with E-state index in [2.05, 4.69) is 96.4 Å². The molecule has 6 aliphatic rings.